The molecular weight excluding hydrogens is 410 g/mol. The number of hydrogen-bond acceptors (Lipinski definition) is 4. The second-order valence-corrected chi connectivity index (χ2v) is 7.60. The average molecular weight is 428 g/mol. The van der Waals surface area contributed by atoms with Gasteiger partial charge in [0.15, 0.2) is 11.5 Å². The van der Waals surface area contributed by atoms with Crippen LogP contribution in [0.25, 0.3) is 16.4 Å². The third-order valence-corrected chi connectivity index (χ3v) is 5.56. The minimum atomic E-state index is -0.217. The summed E-state index contributed by atoms with van der Waals surface area (Å²) >= 11 is 6.32. The Labute approximate surface area is 183 Å². The van der Waals surface area contributed by atoms with E-state index in [1.807, 2.05) is 61.5 Å². The first-order valence-electron chi connectivity index (χ1n) is 9.84. The topological polar surface area (TPSA) is 63.4 Å². The van der Waals surface area contributed by atoms with Gasteiger partial charge in [-0.05, 0) is 31.2 Å². The number of fused-ring (bicyclic) bond motifs is 3. The number of para-hydroxylation sites is 1. The van der Waals surface area contributed by atoms with E-state index in [1.165, 1.54) is 0 Å². The molecule has 0 fully saturated rings. The van der Waals surface area contributed by atoms with Gasteiger partial charge in [-0.1, -0.05) is 66.2 Å². The molecule has 0 aliphatic carbocycles. The molecule has 0 spiro atoms. The van der Waals surface area contributed by atoms with Gasteiger partial charge in [0.2, 0.25) is 0 Å². The van der Waals surface area contributed by atoms with Gasteiger partial charge in [-0.15, -0.1) is 10.2 Å². The summed E-state index contributed by atoms with van der Waals surface area (Å²) in [6.07, 6.45) is 0. The molecule has 3 aromatic carbocycles. The van der Waals surface area contributed by atoms with Crippen molar-refractivity contribution >= 4 is 39.6 Å². The van der Waals surface area contributed by atoms with Crippen molar-refractivity contribution in [2.75, 3.05) is 4.90 Å². The second-order valence-electron chi connectivity index (χ2n) is 7.19. The van der Waals surface area contributed by atoms with E-state index in [4.69, 9.17) is 11.6 Å². The highest BCUT2D eigenvalue weighted by Gasteiger charge is 2.23. The number of halogens is 1. The average Bonchev–Trinajstić information content (AvgIpc) is 3.21. The highest BCUT2D eigenvalue weighted by Crippen LogP contribution is 2.25. The largest absolute Gasteiger partial charge is 0.301 e. The van der Waals surface area contributed by atoms with Gasteiger partial charge in [-0.2, -0.15) is 9.61 Å². The van der Waals surface area contributed by atoms with Crippen LogP contribution in [0.4, 0.5) is 5.69 Å². The quantitative estimate of drug-likeness (QED) is 0.401. The Morgan fingerprint density at radius 2 is 1.58 bits per heavy atom. The Bertz CT molecular complexity index is 1410. The van der Waals surface area contributed by atoms with Crippen LogP contribution in [0.15, 0.2) is 78.9 Å². The second kappa shape index (κ2) is 7.81. The number of amides is 1. The van der Waals surface area contributed by atoms with Crippen molar-refractivity contribution in [2.45, 2.75) is 13.5 Å². The first-order valence-corrected chi connectivity index (χ1v) is 10.2. The summed E-state index contributed by atoms with van der Waals surface area (Å²) in [5.41, 5.74) is 2.69. The van der Waals surface area contributed by atoms with Crippen LogP contribution in [0, 0.1) is 6.92 Å². The Hall–Kier alpha value is -3.77. The van der Waals surface area contributed by atoms with Crippen molar-refractivity contribution in [3.05, 3.63) is 101 Å². The summed E-state index contributed by atoms with van der Waals surface area (Å²) in [4.78, 5) is 15.1. The van der Waals surface area contributed by atoms with Crippen LogP contribution in [0.2, 0.25) is 5.02 Å². The standard InChI is InChI=1S/C24H18ClN5O/c1-16-18-11-5-6-12-19(18)23-27-26-22(30(23)28-16)15-29(17-9-3-2-4-10-17)24(31)20-13-7-8-14-21(20)25/h2-14H,15H2,1H3. The predicted octanol–water partition coefficient (Wildman–Crippen LogP) is 5.09. The molecule has 2 heterocycles. The Balaban J connectivity index is 1.63. The molecule has 0 aliphatic rings. The molecule has 0 N–H and O–H groups in total. The Kier molecular flexibility index (Phi) is 4.84. The van der Waals surface area contributed by atoms with E-state index in [1.54, 1.807) is 33.7 Å². The maximum Gasteiger partial charge on any atom is 0.260 e. The summed E-state index contributed by atoms with van der Waals surface area (Å²) in [6.45, 7) is 2.15. The van der Waals surface area contributed by atoms with Crippen LogP contribution in [-0.4, -0.2) is 25.7 Å². The third-order valence-electron chi connectivity index (χ3n) is 5.23. The molecular formula is C24H18ClN5O. The van der Waals surface area contributed by atoms with Gasteiger partial charge in [0.1, 0.15) is 0 Å². The van der Waals surface area contributed by atoms with Crippen LogP contribution in [0.1, 0.15) is 21.9 Å². The minimum Gasteiger partial charge on any atom is -0.301 e. The molecule has 5 aromatic rings. The lowest BCUT2D eigenvalue weighted by atomic mass is 10.1. The van der Waals surface area contributed by atoms with E-state index >= 15 is 0 Å². The third kappa shape index (κ3) is 3.41. The van der Waals surface area contributed by atoms with Gasteiger partial charge in [-0.25, -0.2) is 0 Å². The zero-order chi connectivity index (χ0) is 21.4. The first kappa shape index (κ1) is 19.2. The highest BCUT2D eigenvalue weighted by atomic mass is 35.5. The van der Waals surface area contributed by atoms with Crippen molar-refractivity contribution in [3.8, 4) is 0 Å². The summed E-state index contributed by atoms with van der Waals surface area (Å²) < 4.78 is 1.72. The van der Waals surface area contributed by atoms with E-state index in [-0.39, 0.29) is 12.5 Å². The lowest BCUT2D eigenvalue weighted by molar-refractivity contribution is 0.0984. The Morgan fingerprint density at radius 3 is 2.35 bits per heavy atom. The van der Waals surface area contributed by atoms with Crippen molar-refractivity contribution in [1.82, 2.24) is 19.8 Å². The molecule has 0 radical (unpaired) electrons. The van der Waals surface area contributed by atoms with Crippen molar-refractivity contribution in [3.63, 3.8) is 0 Å². The number of carbonyl (C=O) groups is 1. The van der Waals surface area contributed by atoms with E-state index in [9.17, 15) is 4.79 Å². The van der Waals surface area contributed by atoms with Gasteiger partial charge in [0.05, 0.1) is 22.8 Å². The summed E-state index contributed by atoms with van der Waals surface area (Å²) in [6, 6.07) is 24.4. The predicted molar refractivity (Wildman–Crippen MR) is 121 cm³/mol. The Morgan fingerprint density at radius 1 is 0.903 bits per heavy atom. The number of hydrogen-bond donors (Lipinski definition) is 0. The first-order chi connectivity index (χ1) is 15.1. The number of aromatic nitrogens is 4. The normalized spacial score (nSPS) is 11.2. The molecule has 5 rings (SSSR count). The summed E-state index contributed by atoms with van der Waals surface area (Å²) in [5.74, 6) is 0.346. The number of carbonyl (C=O) groups excluding carboxylic acids is 1. The lowest BCUT2D eigenvalue weighted by Gasteiger charge is -2.22. The van der Waals surface area contributed by atoms with E-state index < -0.39 is 0 Å². The lowest BCUT2D eigenvalue weighted by Crippen LogP contribution is -2.31. The number of benzene rings is 3. The van der Waals surface area contributed by atoms with Crippen molar-refractivity contribution in [1.29, 1.82) is 0 Å². The van der Waals surface area contributed by atoms with Crippen LogP contribution in [0.3, 0.4) is 0 Å². The zero-order valence-electron chi connectivity index (χ0n) is 16.7. The van der Waals surface area contributed by atoms with Crippen LogP contribution in [-0.2, 0) is 6.54 Å². The van der Waals surface area contributed by atoms with Crippen molar-refractivity contribution < 1.29 is 4.79 Å². The van der Waals surface area contributed by atoms with Crippen LogP contribution < -0.4 is 4.90 Å². The molecule has 0 aliphatic heterocycles. The highest BCUT2D eigenvalue weighted by molar-refractivity contribution is 6.34. The maximum absolute atomic E-state index is 13.5. The van der Waals surface area contributed by atoms with Gasteiger partial charge in [0, 0.05) is 16.5 Å². The molecule has 0 saturated heterocycles. The van der Waals surface area contributed by atoms with E-state index in [0.29, 0.717) is 22.1 Å². The summed E-state index contributed by atoms with van der Waals surface area (Å²) in [5, 5.41) is 15.8. The van der Waals surface area contributed by atoms with Gasteiger partial charge in [0.25, 0.3) is 5.91 Å². The fraction of sp³-hybridized carbons (Fsp3) is 0.0833. The molecule has 7 heteroatoms. The molecule has 0 unspecified atom stereocenters. The summed E-state index contributed by atoms with van der Waals surface area (Å²) in [7, 11) is 0. The van der Waals surface area contributed by atoms with Crippen LogP contribution >= 0.6 is 11.6 Å². The molecule has 31 heavy (non-hydrogen) atoms. The van der Waals surface area contributed by atoms with Gasteiger partial charge >= 0.3 is 0 Å². The number of anilines is 1. The molecule has 1 amide bonds. The van der Waals surface area contributed by atoms with Gasteiger partial charge < -0.3 is 4.90 Å². The number of rotatable bonds is 4. The smallest absolute Gasteiger partial charge is 0.260 e. The van der Waals surface area contributed by atoms with E-state index in [2.05, 4.69) is 15.3 Å². The van der Waals surface area contributed by atoms with Crippen LogP contribution in [0.5, 0.6) is 0 Å². The van der Waals surface area contributed by atoms with Gasteiger partial charge in [-0.3, -0.25) is 4.79 Å². The fourth-order valence-corrected chi connectivity index (χ4v) is 3.91. The molecule has 2 aromatic heterocycles. The molecule has 0 saturated carbocycles. The fourth-order valence-electron chi connectivity index (χ4n) is 3.69. The number of nitrogens with zero attached hydrogens (tertiary/aromatic N) is 5. The zero-order valence-corrected chi connectivity index (χ0v) is 17.5. The molecule has 6 nitrogen and oxygen atoms in total. The molecule has 0 atom stereocenters. The molecule has 0 bridgehead atoms. The van der Waals surface area contributed by atoms with Crippen molar-refractivity contribution in [2.24, 2.45) is 0 Å². The SMILES string of the molecule is Cc1nn2c(CN(C(=O)c3ccccc3Cl)c3ccccc3)nnc2c2ccccc12. The minimum absolute atomic E-state index is 0.194. The molecule has 152 valence electrons. The maximum atomic E-state index is 13.5. The van der Waals surface area contributed by atoms with E-state index in [0.717, 1.165) is 22.2 Å². The number of aryl methyl sites for hydroxylation is 1. The monoisotopic (exact) mass is 427 g/mol.